The summed E-state index contributed by atoms with van der Waals surface area (Å²) in [7, 11) is 0. The van der Waals surface area contributed by atoms with Crippen LogP contribution >= 0.6 is 15.9 Å². The van der Waals surface area contributed by atoms with Gasteiger partial charge in [0, 0.05) is 42.4 Å². The fourth-order valence-corrected chi connectivity index (χ4v) is 8.58. The number of halogens is 1. The van der Waals surface area contributed by atoms with Gasteiger partial charge in [-0.3, -0.25) is 14.4 Å². The summed E-state index contributed by atoms with van der Waals surface area (Å²) in [5.41, 5.74) is 0.0776. The number of benzene rings is 3. The topological polar surface area (TPSA) is 99.6 Å². The molecule has 0 aliphatic carbocycles. The largest absolute Gasteiger partial charge is 0.494 e. The average molecular weight is 703 g/mol. The lowest BCUT2D eigenvalue weighted by molar-refractivity contribution is -0.140. The van der Waals surface area contributed by atoms with Gasteiger partial charge in [-0.15, -0.1) is 13.2 Å². The van der Waals surface area contributed by atoms with Crippen molar-refractivity contribution in [2.24, 2.45) is 11.8 Å². The van der Waals surface area contributed by atoms with Crippen LogP contribution in [0.25, 0.3) is 10.8 Å². The summed E-state index contributed by atoms with van der Waals surface area (Å²) in [5, 5.41) is 11.8. The number of aliphatic hydroxyl groups excluding tert-OH is 1. The zero-order valence-electron chi connectivity index (χ0n) is 26.5. The van der Waals surface area contributed by atoms with Crippen LogP contribution in [0.5, 0.6) is 5.75 Å². The zero-order valence-corrected chi connectivity index (χ0v) is 28.1. The standard InChI is InChI=1S/C37H40BrN3O6/c1-4-18-39(26-14-16-28(17-15-26)46-6-3)34(43)30-31-35(44)41(20-9-21-42)33(37(31)23-29(38)32(30)47-37)36(45)40(19-5-2)27-13-12-24-10-7-8-11-25(24)22-27/h4-5,7-8,10-17,22,29-33,42H,1-2,6,9,18-21,23H2,3H3/t29?,30-,31+,32-,33?,37?/m1/s1. The Kier molecular flexibility index (Phi) is 9.55. The van der Waals surface area contributed by atoms with Crippen molar-refractivity contribution < 1.29 is 29.0 Å². The molecule has 10 heteroatoms. The van der Waals surface area contributed by atoms with Crippen LogP contribution in [-0.4, -0.2) is 83.2 Å². The van der Waals surface area contributed by atoms with Crippen LogP contribution in [-0.2, 0) is 19.1 Å². The van der Waals surface area contributed by atoms with E-state index >= 15 is 0 Å². The zero-order chi connectivity index (χ0) is 33.3. The third-order valence-electron chi connectivity index (χ3n) is 9.52. The number of anilines is 2. The first-order valence-corrected chi connectivity index (χ1v) is 17.0. The van der Waals surface area contributed by atoms with Crippen LogP contribution in [0, 0.1) is 11.8 Å². The van der Waals surface area contributed by atoms with Crippen LogP contribution in [0.4, 0.5) is 11.4 Å². The molecule has 3 aromatic rings. The van der Waals surface area contributed by atoms with Crippen molar-refractivity contribution in [2.75, 3.05) is 42.6 Å². The molecule has 246 valence electrons. The van der Waals surface area contributed by atoms with E-state index in [4.69, 9.17) is 9.47 Å². The van der Waals surface area contributed by atoms with E-state index < -0.39 is 29.6 Å². The van der Waals surface area contributed by atoms with Gasteiger partial charge in [0.2, 0.25) is 11.8 Å². The normalized spacial score (nSPS) is 25.9. The second-order valence-corrected chi connectivity index (χ2v) is 13.4. The first-order chi connectivity index (χ1) is 22.8. The van der Waals surface area contributed by atoms with Crippen molar-refractivity contribution in [1.29, 1.82) is 0 Å². The molecule has 3 aliphatic rings. The maximum absolute atomic E-state index is 14.8. The van der Waals surface area contributed by atoms with Crippen molar-refractivity contribution in [3.63, 3.8) is 0 Å². The van der Waals surface area contributed by atoms with Crippen molar-refractivity contribution in [2.45, 2.75) is 42.3 Å². The number of carbonyl (C=O) groups is 3. The molecule has 3 amide bonds. The Morgan fingerprint density at radius 2 is 1.68 bits per heavy atom. The highest BCUT2D eigenvalue weighted by molar-refractivity contribution is 9.09. The number of amides is 3. The number of hydrogen-bond acceptors (Lipinski definition) is 6. The molecule has 0 aromatic heterocycles. The maximum Gasteiger partial charge on any atom is 0.253 e. The molecule has 6 atom stereocenters. The van der Waals surface area contributed by atoms with Crippen molar-refractivity contribution >= 4 is 55.8 Å². The molecule has 3 aromatic carbocycles. The lowest BCUT2D eigenvalue weighted by Gasteiger charge is -2.37. The highest BCUT2D eigenvalue weighted by Gasteiger charge is 2.77. The van der Waals surface area contributed by atoms with Gasteiger partial charge in [-0.2, -0.15) is 0 Å². The predicted octanol–water partition coefficient (Wildman–Crippen LogP) is 5.11. The van der Waals surface area contributed by atoms with E-state index in [1.54, 1.807) is 34.1 Å². The van der Waals surface area contributed by atoms with E-state index in [9.17, 15) is 19.5 Å². The molecule has 9 nitrogen and oxygen atoms in total. The monoisotopic (exact) mass is 701 g/mol. The Bertz CT molecular complexity index is 1680. The van der Waals surface area contributed by atoms with Gasteiger partial charge in [0.1, 0.15) is 17.4 Å². The van der Waals surface area contributed by atoms with E-state index in [0.717, 1.165) is 10.8 Å². The quantitative estimate of drug-likeness (QED) is 0.197. The second-order valence-electron chi connectivity index (χ2n) is 12.2. The smallest absolute Gasteiger partial charge is 0.253 e. The molecular weight excluding hydrogens is 662 g/mol. The first-order valence-electron chi connectivity index (χ1n) is 16.1. The van der Waals surface area contributed by atoms with Crippen LogP contribution in [0.15, 0.2) is 92.0 Å². The van der Waals surface area contributed by atoms with Gasteiger partial charge < -0.3 is 29.3 Å². The Morgan fingerprint density at radius 1 is 1.02 bits per heavy atom. The number of alkyl halides is 1. The number of carbonyl (C=O) groups excluding carboxylic acids is 3. The number of ether oxygens (including phenoxy) is 2. The summed E-state index contributed by atoms with van der Waals surface area (Å²) in [5.74, 6) is -1.91. The first kappa shape index (κ1) is 32.9. The van der Waals surface area contributed by atoms with E-state index in [-0.39, 0.29) is 55.2 Å². The number of aliphatic hydroxyl groups is 1. The van der Waals surface area contributed by atoms with E-state index in [0.29, 0.717) is 30.2 Å². The second kappa shape index (κ2) is 13.6. The van der Waals surface area contributed by atoms with Crippen LogP contribution < -0.4 is 14.5 Å². The summed E-state index contributed by atoms with van der Waals surface area (Å²) in [6, 6.07) is 20.0. The van der Waals surface area contributed by atoms with Gasteiger partial charge in [0.15, 0.2) is 0 Å². The van der Waals surface area contributed by atoms with Gasteiger partial charge in [-0.25, -0.2) is 0 Å². The van der Waals surface area contributed by atoms with Gasteiger partial charge in [-0.05, 0) is 66.9 Å². The molecule has 3 fully saturated rings. The third-order valence-corrected chi connectivity index (χ3v) is 10.4. The van der Waals surface area contributed by atoms with Crippen LogP contribution in [0.3, 0.4) is 0 Å². The van der Waals surface area contributed by atoms with Gasteiger partial charge in [0.25, 0.3) is 5.91 Å². The number of nitrogens with zero attached hydrogens (tertiary/aromatic N) is 3. The van der Waals surface area contributed by atoms with Crippen LogP contribution in [0.2, 0.25) is 0 Å². The van der Waals surface area contributed by atoms with E-state index in [1.807, 2.05) is 61.5 Å². The van der Waals surface area contributed by atoms with Crippen molar-refractivity contribution in [3.8, 4) is 5.75 Å². The molecule has 3 aliphatic heterocycles. The lowest BCUT2D eigenvalue weighted by Crippen LogP contribution is -2.57. The van der Waals surface area contributed by atoms with Gasteiger partial charge in [-0.1, -0.05) is 58.4 Å². The van der Waals surface area contributed by atoms with Crippen molar-refractivity contribution in [3.05, 3.63) is 92.0 Å². The predicted molar refractivity (Wildman–Crippen MR) is 186 cm³/mol. The minimum Gasteiger partial charge on any atom is -0.494 e. The Labute approximate surface area is 283 Å². The molecular formula is C37H40BrN3O6. The number of likely N-dealkylation sites (tertiary alicyclic amines) is 1. The number of rotatable bonds is 13. The molecule has 0 saturated carbocycles. The molecule has 3 saturated heterocycles. The highest BCUT2D eigenvalue weighted by atomic mass is 79.9. The maximum atomic E-state index is 14.8. The molecule has 3 unspecified atom stereocenters. The minimum absolute atomic E-state index is 0.152. The summed E-state index contributed by atoms with van der Waals surface area (Å²) in [4.78, 5) is 48.4. The molecule has 47 heavy (non-hydrogen) atoms. The molecule has 2 bridgehead atoms. The summed E-state index contributed by atoms with van der Waals surface area (Å²) >= 11 is 3.77. The fraction of sp³-hybridized carbons (Fsp3) is 0.378. The summed E-state index contributed by atoms with van der Waals surface area (Å²) in [6.45, 7) is 10.6. The van der Waals surface area contributed by atoms with E-state index in [1.165, 1.54) is 4.90 Å². The van der Waals surface area contributed by atoms with Crippen LogP contribution in [0.1, 0.15) is 19.8 Å². The van der Waals surface area contributed by atoms with Gasteiger partial charge in [0.05, 0.1) is 24.5 Å². The fourth-order valence-electron chi connectivity index (χ4n) is 7.64. The van der Waals surface area contributed by atoms with Gasteiger partial charge >= 0.3 is 0 Å². The molecule has 1 spiro atoms. The Morgan fingerprint density at radius 3 is 2.34 bits per heavy atom. The summed E-state index contributed by atoms with van der Waals surface area (Å²) < 4.78 is 12.3. The summed E-state index contributed by atoms with van der Waals surface area (Å²) in [6.07, 6.45) is 3.36. The SMILES string of the molecule is C=CCN(C(=O)C1N(CCCO)C(=O)[C@@H]2[C@@H](C(=O)N(CC=C)c3ccc(OCC)cc3)[C@@H]3OC12CC3Br)c1ccc2ccccc2c1. The number of fused-ring (bicyclic) bond motifs is 2. The molecule has 0 radical (unpaired) electrons. The molecule has 3 heterocycles. The number of hydrogen-bond donors (Lipinski definition) is 1. The molecule has 1 N–H and O–H groups in total. The molecule has 6 rings (SSSR count). The van der Waals surface area contributed by atoms with Crippen molar-refractivity contribution in [1.82, 2.24) is 4.90 Å². The average Bonchev–Trinajstić information content (AvgIpc) is 3.68. The Hall–Kier alpha value is -3.99. The lowest BCUT2D eigenvalue weighted by atomic mass is 9.70. The minimum atomic E-state index is -1.24. The highest BCUT2D eigenvalue weighted by Crippen LogP contribution is 2.60. The Balaban J connectivity index is 1.40. The van der Waals surface area contributed by atoms with E-state index in [2.05, 4.69) is 29.1 Å². The third kappa shape index (κ3) is 5.66.